The van der Waals surface area contributed by atoms with E-state index in [4.69, 9.17) is 0 Å². The predicted molar refractivity (Wildman–Crippen MR) is 63.1 cm³/mol. The summed E-state index contributed by atoms with van der Waals surface area (Å²) >= 11 is 0. The second-order valence-electron chi connectivity index (χ2n) is 5.59. The third-order valence-corrected chi connectivity index (χ3v) is 4.11. The molecule has 1 aliphatic heterocycles. The fourth-order valence-corrected chi connectivity index (χ4v) is 3.73. The molecule has 1 unspecified atom stereocenters. The Labute approximate surface area is 91.9 Å². The van der Waals surface area contributed by atoms with Gasteiger partial charge in [-0.2, -0.15) is 0 Å². The van der Waals surface area contributed by atoms with E-state index in [1.165, 1.54) is 19.3 Å². The van der Waals surface area contributed by atoms with E-state index in [9.17, 15) is 0 Å². The van der Waals surface area contributed by atoms with Crippen LogP contribution in [0.4, 0.5) is 0 Å². The Morgan fingerprint density at radius 2 is 2.07 bits per heavy atom. The van der Waals surface area contributed by atoms with Gasteiger partial charge in [-0.3, -0.25) is 0 Å². The van der Waals surface area contributed by atoms with Gasteiger partial charge >= 0.3 is 0 Å². The highest BCUT2D eigenvalue weighted by molar-refractivity contribution is 5.38. The highest BCUT2D eigenvalue weighted by Crippen LogP contribution is 2.43. The van der Waals surface area contributed by atoms with Gasteiger partial charge in [-0.25, -0.2) is 0 Å². The molecule has 1 aromatic rings. The van der Waals surface area contributed by atoms with Crippen LogP contribution < -0.4 is 5.32 Å². The second-order valence-corrected chi connectivity index (χ2v) is 5.59. The van der Waals surface area contributed by atoms with Crippen LogP contribution in [0.25, 0.3) is 0 Å². The van der Waals surface area contributed by atoms with Crippen LogP contribution >= 0.6 is 0 Å². The Kier molecular flexibility index (Phi) is 1.93. The van der Waals surface area contributed by atoms with Crippen LogP contribution in [0.5, 0.6) is 0 Å². The molecule has 1 heterocycles. The van der Waals surface area contributed by atoms with Gasteiger partial charge in [0, 0.05) is 12.1 Å². The minimum absolute atomic E-state index is 0.421. The van der Waals surface area contributed by atoms with E-state index in [0.717, 1.165) is 0 Å². The molecule has 2 bridgehead atoms. The van der Waals surface area contributed by atoms with Crippen molar-refractivity contribution in [2.24, 2.45) is 0 Å². The molecule has 1 aliphatic carbocycles. The number of rotatable bonds is 0. The molecule has 1 N–H and O–H groups in total. The number of hydrogen-bond donors (Lipinski definition) is 1. The molecule has 3 rings (SSSR count). The standard InChI is InChI=1S/C14H19N/c1-10-8-14(2)9-12(15-10)7-11-5-3-4-6-13(11)14/h3-6,10,12,15H,7-9H2,1-2H3/t10-,12?,14-/m1/s1. The maximum absolute atomic E-state index is 3.71. The lowest BCUT2D eigenvalue weighted by Crippen LogP contribution is -2.53. The quantitative estimate of drug-likeness (QED) is 0.680. The van der Waals surface area contributed by atoms with Gasteiger partial charge in [0.2, 0.25) is 0 Å². The van der Waals surface area contributed by atoms with Crippen molar-refractivity contribution in [3.63, 3.8) is 0 Å². The van der Waals surface area contributed by atoms with Gasteiger partial charge in [-0.05, 0) is 42.7 Å². The summed E-state index contributed by atoms with van der Waals surface area (Å²) in [6.45, 7) is 4.76. The van der Waals surface area contributed by atoms with Crippen molar-refractivity contribution in [2.45, 2.75) is 50.6 Å². The Balaban J connectivity index is 2.10. The van der Waals surface area contributed by atoms with Gasteiger partial charge < -0.3 is 5.32 Å². The largest absolute Gasteiger partial charge is 0.311 e. The van der Waals surface area contributed by atoms with Crippen LogP contribution in [0.3, 0.4) is 0 Å². The van der Waals surface area contributed by atoms with Gasteiger partial charge in [-0.1, -0.05) is 31.2 Å². The van der Waals surface area contributed by atoms with Crippen LogP contribution in [0.2, 0.25) is 0 Å². The van der Waals surface area contributed by atoms with Gasteiger partial charge in [-0.15, -0.1) is 0 Å². The maximum Gasteiger partial charge on any atom is 0.0118 e. The van der Waals surface area contributed by atoms with Gasteiger partial charge in [0.15, 0.2) is 0 Å². The molecule has 0 radical (unpaired) electrons. The summed E-state index contributed by atoms with van der Waals surface area (Å²) in [6, 6.07) is 10.4. The van der Waals surface area contributed by atoms with E-state index >= 15 is 0 Å². The molecule has 1 saturated heterocycles. The van der Waals surface area contributed by atoms with E-state index in [-0.39, 0.29) is 0 Å². The van der Waals surface area contributed by atoms with Crippen molar-refractivity contribution >= 4 is 0 Å². The number of hydrogen-bond acceptors (Lipinski definition) is 1. The zero-order valence-electron chi connectivity index (χ0n) is 9.59. The van der Waals surface area contributed by atoms with Crippen molar-refractivity contribution in [3.8, 4) is 0 Å². The van der Waals surface area contributed by atoms with Gasteiger partial charge in [0.25, 0.3) is 0 Å². The third kappa shape index (κ3) is 1.41. The molecule has 0 spiro atoms. The molecule has 3 atom stereocenters. The Bertz CT molecular complexity index is 385. The van der Waals surface area contributed by atoms with Crippen LogP contribution in [0, 0.1) is 0 Å². The monoisotopic (exact) mass is 201 g/mol. The highest BCUT2D eigenvalue weighted by atomic mass is 15.0. The predicted octanol–water partition coefficient (Wildman–Crippen LogP) is 2.64. The molecule has 1 aromatic carbocycles. The van der Waals surface area contributed by atoms with Gasteiger partial charge in [0.05, 0.1) is 0 Å². The summed E-state index contributed by atoms with van der Waals surface area (Å²) in [5.74, 6) is 0. The first kappa shape index (κ1) is 9.41. The first-order valence-electron chi connectivity index (χ1n) is 6.02. The third-order valence-electron chi connectivity index (χ3n) is 4.11. The summed E-state index contributed by atoms with van der Waals surface area (Å²) in [7, 11) is 0. The summed E-state index contributed by atoms with van der Waals surface area (Å²) in [5, 5.41) is 3.71. The number of fused-ring (bicyclic) bond motifs is 4. The summed E-state index contributed by atoms with van der Waals surface area (Å²) in [6.07, 6.45) is 3.81. The van der Waals surface area contributed by atoms with Crippen LogP contribution in [0.15, 0.2) is 24.3 Å². The van der Waals surface area contributed by atoms with Crippen LogP contribution in [0.1, 0.15) is 37.8 Å². The van der Waals surface area contributed by atoms with Crippen molar-refractivity contribution in [2.75, 3.05) is 0 Å². The van der Waals surface area contributed by atoms with Gasteiger partial charge in [0.1, 0.15) is 0 Å². The highest BCUT2D eigenvalue weighted by Gasteiger charge is 2.41. The molecule has 1 heteroatoms. The molecule has 15 heavy (non-hydrogen) atoms. The molecular weight excluding hydrogens is 182 g/mol. The van der Waals surface area contributed by atoms with E-state index in [1.807, 2.05) is 0 Å². The molecule has 0 amide bonds. The number of nitrogens with one attached hydrogen (secondary N) is 1. The average molecular weight is 201 g/mol. The van der Waals surface area contributed by atoms with Crippen molar-refractivity contribution in [1.82, 2.24) is 5.32 Å². The Morgan fingerprint density at radius 1 is 1.27 bits per heavy atom. The molecule has 1 fully saturated rings. The van der Waals surface area contributed by atoms with E-state index in [0.29, 0.717) is 17.5 Å². The lowest BCUT2D eigenvalue weighted by Gasteiger charge is -2.47. The minimum atomic E-state index is 0.421. The topological polar surface area (TPSA) is 12.0 Å². The summed E-state index contributed by atoms with van der Waals surface area (Å²) in [5.41, 5.74) is 3.59. The molecule has 80 valence electrons. The van der Waals surface area contributed by atoms with Crippen LogP contribution in [-0.4, -0.2) is 12.1 Å². The molecular formula is C14H19N. The fraction of sp³-hybridized carbons (Fsp3) is 0.571. The van der Waals surface area contributed by atoms with Crippen LogP contribution in [-0.2, 0) is 11.8 Å². The second kappa shape index (κ2) is 3.08. The zero-order chi connectivity index (χ0) is 10.5. The SMILES string of the molecule is C[C@@H]1C[C@]2(C)CC(Cc3ccccc32)N1. The van der Waals surface area contributed by atoms with Crippen molar-refractivity contribution < 1.29 is 0 Å². The number of benzene rings is 1. The normalized spacial score (nSPS) is 38.5. The van der Waals surface area contributed by atoms with E-state index in [1.54, 1.807) is 11.1 Å². The van der Waals surface area contributed by atoms with Crippen molar-refractivity contribution in [1.29, 1.82) is 0 Å². The Hall–Kier alpha value is -0.820. The number of piperidine rings is 1. The average Bonchev–Trinajstić information content (AvgIpc) is 2.15. The molecule has 0 saturated carbocycles. The first-order chi connectivity index (χ1) is 7.17. The maximum atomic E-state index is 3.71. The molecule has 1 nitrogen and oxygen atoms in total. The van der Waals surface area contributed by atoms with Crippen molar-refractivity contribution in [3.05, 3.63) is 35.4 Å². The minimum Gasteiger partial charge on any atom is -0.311 e. The lowest BCUT2D eigenvalue weighted by atomic mass is 9.64. The fourth-order valence-electron chi connectivity index (χ4n) is 3.73. The molecule has 2 aliphatic rings. The van der Waals surface area contributed by atoms with E-state index < -0.39 is 0 Å². The zero-order valence-corrected chi connectivity index (χ0v) is 9.59. The first-order valence-corrected chi connectivity index (χ1v) is 6.02. The Morgan fingerprint density at radius 3 is 2.93 bits per heavy atom. The van der Waals surface area contributed by atoms with E-state index in [2.05, 4.69) is 43.4 Å². The smallest absolute Gasteiger partial charge is 0.0118 e. The lowest BCUT2D eigenvalue weighted by molar-refractivity contribution is 0.207. The summed E-state index contributed by atoms with van der Waals surface area (Å²) < 4.78 is 0. The summed E-state index contributed by atoms with van der Waals surface area (Å²) in [4.78, 5) is 0. The molecule has 0 aromatic heterocycles.